The Morgan fingerprint density at radius 2 is 1.57 bits per heavy atom. The number of likely N-dealkylation sites (tertiary alicyclic amines) is 1. The maximum Gasteiger partial charge on any atom is 0.242 e. The third-order valence-corrected chi connectivity index (χ3v) is 6.35. The number of hydrogen-bond acceptors (Lipinski definition) is 4. The predicted octanol–water partition coefficient (Wildman–Crippen LogP) is 1.13. The molecule has 1 amide bonds. The van der Waals surface area contributed by atoms with E-state index in [0.717, 1.165) is 64.2 Å². The number of nitrogens with zero attached hydrogens (tertiary/aromatic N) is 3. The van der Waals surface area contributed by atoms with E-state index in [1.807, 2.05) is 11.8 Å². The van der Waals surface area contributed by atoms with Gasteiger partial charge in [0.2, 0.25) is 5.91 Å². The van der Waals surface area contributed by atoms with Crippen LogP contribution in [0.2, 0.25) is 0 Å². The molecule has 2 N–H and O–H groups in total. The fourth-order valence-corrected chi connectivity index (χ4v) is 4.32. The van der Waals surface area contributed by atoms with Crippen LogP contribution in [0, 0.1) is 5.92 Å². The second kappa shape index (κ2) is 6.69. The molecule has 0 aromatic carbocycles. The lowest BCUT2D eigenvalue weighted by Gasteiger charge is -2.39. The average molecular weight is 322 g/mol. The van der Waals surface area contributed by atoms with E-state index in [4.69, 9.17) is 5.73 Å². The highest BCUT2D eigenvalue weighted by Crippen LogP contribution is 2.39. The van der Waals surface area contributed by atoms with Crippen molar-refractivity contribution < 1.29 is 4.79 Å². The second-order valence-electron chi connectivity index (χ2n) is 8.20. The standard InChI is InChI=1S/C18H34N4O/c1-14-4-5-15(2)22(14)13-10-20-8-11-21(12-9-20)17(23)18(3,19)16-6-7-16/h14-16H,4-13,19H2,1-3H3/t14-,15-,18-/m1/s1. The highest BCUT2D eigenvalue weighted by molar-refractivity contribution is 5.86. The summed E-state index contributed by atoms with van der Waals surface area (Å²) in [6.07, 6.45) is 4.90. The van der Waals surface area contributed by atoms with Crippen LogP contribution < -0.4 is 5.73 Å². The van der Waals surface area contributed by atoms with Crippen molar-refractivity contribution in [3.05, 3.63) is 0 Å². The van der Waals surface area contributed by atoms with Crippen molar-refractivity contribution in [1.82, 2.24) is 14.7 Å². The van der Waals surface area contributed by atoms with Crippen molar-refractivity contribution in [3.63, 3.8) is 0 Å². The Labute approximate surface area is 141 Å². The molecule has 5 nitrogen and oxygen atoms in total. The molecule has 1 aliphatic carbocycles. The third kappa shape index (κ3) is 3.72. The van der Waals surface area contributed by atoms with Gasteiger partial charge in [0, 0.05) is 51.4 Å². The smallest absolute Gasteiger partial charge is 0.242 e. The van der Waals surface area contributed by atoms with Crippen LogP contribution in [-0.2, 0) is 4.79 Å². The Morgan fingerprint density at radius 1 is 1.00 bits per heavy atom. The highest BCUT2D eigenvalue weighted by atomic mass is 16.2. The molecule has 3 atom stereocenters. The van der Waals surface area contributed by atoms with E-state index in [0.29, 0.717) is 5.92 Å². The van der Waals surface area contributed by atoms with Gasteiger partial charge in [-0.25, -0.2) is 0 Å². The predicted molar refractivity (Wildman–Crippen MR) is 93.2 cm³/mol. The fourth-order valence-electron chi connectivity index (χ4n) is 4.32. The zero-order valence-corrected chi connectivity index (χ0v) is 15.1. The third-order valence-electron chi connectivity index (χ3n) is 6.35. The summed E-state index contributed by atoms with van der Waals surface area (Å²) in [5, 5.41) is 0. The first-order valence-electron chi connectivity index (χ1n) is 9.46. The first kappa shape index (κ1) is 17.2. The first-order valence-corrected chi connectivity index (χ1v) is 9.46. The minimum absolute atomic E-state index is 0.168. The molecule has 0 aromatic rings. The molecule has 0 radical (unpaired) electrons. The molecule has 3 aliphatic rings. The number of piperazine rings is 1. The summed E-state index contributed by atoms with van der Waals surface area (Å²) in [4.78, 5) is 19.8. The maximum absolute atomic E-state index is 12.6. The number of rotatable bonds is 5. The van der Waals surface area contributed by atoms with Crippen molar-refractivity contribution in [2.24, 2.45) is 11.7 Å². The first-order chi connectivity index (χ1) is 10.9. The van der Waals surface area contributed by atoms with Gasteiger partial charge in [-0.1, -0.05) is 0 Å². The maximum atomic E-state index is 12.6. The van der Waals surface area contributed by atoms with Crippen LogP contribution in [0.3, 0.4) is 0 Å². The summed E-state index contributed by atoms with van der Waals surface area (Å²) in [7, 11) is 0. The van der Waals surface area contributed by atoms with E-state index < -0.39 is 5.54 Å². The van der Waals surface area contributed by atoms with Crippen molar-refractivity contribution in [1.29, 1.82) is 0 Å². The summed E-state index contributed by atoms with van der Waals surface area (Å²) in [5.74, 6) is 0.576. The van der Waals surface area contributed by atoms with E-state index in [9.17, 15) is 4.79 Å². The van der Waals surface area contributed by atoms with E-state index in [-0.39, 0.29) is 5.91 Å². The van der Waals surface area contributed by atoms with Gasteiger partial charge in [0.25, 0.3) is 0 Å². The lowest BCUT2D eigenvalue weighted by molar-refractivity contribution is -0.139. The molecule has 3 fully saturated rings. The molecule has 0 spiro atoms. The number of hydrogen-bond donors (Lipinski definition) is 1. The molecule has 2 saturated heterocycles. The molecular weight excluding hydrogens is 288 g/mol. The van der Waals surface area contributed by atoms with E-state index >= 15 is 0 Å². The Morgan fingerprint density at radius 3 is 2.09 bits per heavy atom. The molecule has 0 aromatic heterocycles. The van der Waals surface area contributed by atoms with Crippen LogP contribution in [0.5, 0.6) is 0 Å². The minimum atomic E-state index is -0.636. The SMILES string of the molecule is C[C@@H]1CC[C@@H](C)N1CCN1CCN(C(=O)[C@](C)(N)C2CC2)CC1. The Kier molecular flexibility index (Phi) is 5.00. The topological polar surface area (TPSA) is 52.8 Å². The van der Waals surface area contributed by atoms with Gasteiger partial charge in [0.05, 0.1) is 5.54 Å². The van der Waals surface area contributed by atoms with Crippen molar-refractivity contribution >= 4 is 5.91 Å². The molecule has 0 bridgehead atoms. The van der Waals surface area contributed by atoms with Gasteiger partial charge in [-0.05, 0) is 52.4 Å². The van der Waals surface area contributed by atoms with Crippen LogP contribution in [0.15, 0.2) is 0 Å². The highest BCUT2D eigenvalue weighted by Gasteiger charge is 2.46. The summed E-state index contributed by atoms with van der Waals surface area (Å²) >= 11 is 0. The largest absolute Gasteiger partial charge is 0.339 e. The van der Waals surface area contributed by atoms with Gasteiger partial charge in [-0.15, -0.1) is 0 Å². The van der Waals surface area contributed by atoms with Gasteiger partial charge in [-0.3, -0.25) is 14.6 Å². The zero-order chi connectivity index (χ0) is 16.6. The second-order valence-corrected chi connectivity index (χ2v) is 8.20. The summed E-state index contributed by atoms with van der Waals surface area (Å²) in [6, 6.07) is 1.45. The van der Waals surface area contributed by atoms with Crippen LogP contribution in [0.25, 0.3) is 0 Å². The van der Waals surface area contributed by atoms with Crippen LogP contribution in [0.4, 0.5) is 0 Å². The minimum Gasteiger partial charge on any atom is -0.339 e. The number of carbonyl (C=O) groups excluding carboxylic acids is 1. The van der Waals surface area contributed by atoms with Crippen LogP contribution in [-0.4, -0.2) is 77.5 Å². The summed E-state index contributed by atoms with van der Waals surface area (Å²) in [5.41, 5.74) is 5.66. The fraction of sp³-hybridized carbons (Fsp3) is 0.944. The van der Waals surface area contributed by atoms with E-state index in [1.54, 1.807) is 0 Å². The Balaban J connectivity index is 1.42. The molecule has 5 heteroatoms. The van der Waals surface area contributed by atoms with Crippen molar-refractivity contribution in [3.8, 4) is 0 Å². The van der Waals surface area contributed by atoms with Crippen molar-refractivity contribution in [2.45, 2.75) is 64.1 Å². The molecule has 23 heavy (non-hydrogen) atoms. The van der Waals surface area contributed by atoms with Crippen LogP contribution >= 0.6 is 0 Å². The number of carbonyl (C=O) groups is 1. The average Bonchev–Trinajstić information content (AvgIpc) is 3.34. The normalized spacial score (nSPS) is 33.0. The van der Waals surface area contributed by atoms with Crippen molar-refractivity contribution in [2.75, 3.05) is 39.3 Å². The molecule has 1 saturated carbocycles. The van der Waals surface area contributed by atoms with Gasteiger partial charge in [0.1, 0.15) is 0 Å². The Bertz CT molecular complexity index is 417. The van der Waals surface area contributed by atoms with Gasteiger partial charge >= 0.3 is 0 Å². The van der Waals surface area contributed by atoms with Crippen LogP contribution in [0.1, 0.15) is 46.5 Å². The number of nitrogens with two attached hydrogens (primary N) is 1. The summed E-state index contributed by atoms with van der Waals surface area (Å²) in [6.45, 7) is 12.6. The Hall–Kier alpha value is -0.650. The zero-order valence-electron chi connectivity index (χ0n) is 15.1. The van der Waals surface area contributed by atoms with Gasteiger partial charge in [0.15, 0.2) is 0 Å². The molecule has 132 valence electrons. The lowest BCUT2D eigenvalue weighted by Crippen LogP contribution is -2.59. The molecule has 0 unspecified atom stereocenters. The van der Waals surface area contributed by atoms with Gasteiger partial charge in [-0.2, -0.15) is 0 Å². The molecular formula is C18H34N4O. The molecule has 2 aliphatic heterocycles. The molecule has 3 rings (SSSR count). The summed E-state index contributed by atoms with van der Waals surface area (Å²) < 4.78 is 0. The quantitative estimate of drug-likeness (QED) is 0.824. The number of amides is 1. The lowest BCUT2D eigenvalue weighted by atomic mass is 9.95. The monoisotopic (exact) mass is 322 g/mol. The molecule has 2 heterocycles. The van der Waals surface area contributed by atoms with Gasteiger partial charge < -0.3 is 10.6 Å². The van der Waals surface area contributed by atoms with E-state index in [2.05, 4.69) is 23.6 Å². The van der Waals surface area contributed by atoms with E-state index in [1.165, 1.54) is 12.8 Å².